The summed E-state index contributed by atoms with van der Waals surface area (Å²) in [5, 5.41) is 2.73. The lowest BCUT2D eigenvalue weighted by Crippen LogP contribution is -2.37. The van der Waals surface area contributed by atoms with Gasteiger partial charge < -0.3 is 0 Å². The predicted octanol–water partition coefficient (Wildman–Crippen LogP) is 4.63. The maximum absolute atomic E-state index is 12.9. The van der Waals surface area contributed by atoms with Gasteiger partial charge >= 0.3 is 0 Å². The number of carbonyl (C=O) groups excluding carboxylic acids is 1. The van der Waals surface area contributed by atoms with E-state index in [1.54, 1.807) is 28.6 Å². The average Bonchev–Trinajstić information content (AvgIpc) is 3.16. The molecule has 0 saturated carbocycles. The van der Waals surface area contributed by atoms with Crippen LogP contribution >= 0.6 is 11.3 Å². The topological polar surface area (TPSA) is 67.3 Å². The summed E-state index contributed by atoms with van der Waals surface area (Å²) in [6.07, 6.45) is 2.17. The van der Waals surface area contributed by atoms with Gasteiger partial charge in [-0.25, -0.2) is 13.4 Å². The third-order valence-electron chi connectivity index (χ3n) is 5.92. The highest BCUT2D eigenvalue weighted by atomic mass is 32.2. The smallest absolute Gasteiger partial charge is 0.243 e. The highest BCUT2D eigenvalue weighted by Gasteiger charge is 2.28. The van der Waals surface area contributed by atoms with Crippen molar-refractivity contribution in [3.63, 3.8) is 0 Å². The molecule has 1 aromatic carbocycles. The van der Waals surface area contributed by atoms with Crippen molar-refractivity contribution < 1.29 is 13.2 Å². The summed E-state index contributed by atoms with van der Waals surface area (Å²) in [5.41, 5.74) is 1.65. The number of benzene rings is 1. The minimum atomic E-state index is -3.44. The molecule has 3 rings (SSSR count). The maximum atomic E-state index is 12.9. The van der Waals surface area contributed by atoms with Crippen LogP contribution in [-0.2, 0) is 21.2 Å². The molecule has 0 N–H and O–H groups in total. The Labute approximate surface area is 178 Å². The van der Waals surface area contributed by atoms with Crippen LogP contribution in [0.1, 0.15) is 45.5 Å². The van der Waals surface area contributed by atoms with Gasteiger partial charge in [-0.05, 0) is 36.8 Å². The largest absolute Gasteiger partial charge is 0.299 e. The summed E-state index contributed by atoms with van der Waals surface area (Å²) in [6.45, 7) is 9.40. The zero-order valence-corrected chi connectivity index (χ0v) is 19.2. The number of ketones is 1. The quantitative estimate of drug-likeness (QED) is 0.637. The minimum Gasteiger partial charge on any atom is -0.299 e. The van der Waals surface area contributed by atoms with E-state index in [2.05, 4.69) is 25.8 Å². The highest BCUT2D eigenvalue weighted by Crippen LogP contribution is 2.27. The number of thiazole rings is 1. The first kappa shape index (κ1) is 22.1. The Balaban J connectivity index is 1.71. The molecular weight excluding hydrogens is 404 g/mol. The Bertz CT molecular complexity index is 941. The number of sulfonamides is 1. The molecule has 0 bridgehead atoms. The number of hydrogen-bond acceptors (Lipinski definition) is 5. The summed E-state index contributed by atoms with van der Waals surface area (Å²) >= 11 is 1.48. The van der Waals surface area contributed by atoms with Gasteiger partial charge in [-0.3, -0.25) is 4.79 Å². The van der Waals surface area contributed by atoms with Gasteiger partial charge in [0.1, 0.15) is 10.8 Å². The van der Waals surface area contributed by atoms with E-state index in [-0.39, 0.29) is 11.7 Å². The summed E-state index contributed by atoms with van der Waals surface area (Å²) in [7, 11) is -3.44. The van der Waals surface area contributed by atoms with E-state index in [1.165, 1.54) is 11.3 Å². The van der Waals surface area contributed by atoms with Crippen molar-refractivity contribution in [3.05, 3.63) is 34.7 Å². The van der Waals surface area contributed by atoms with Gasteiger partial charge in [-0.15, -0.1) is 11.3 Å². The van der Waals surface area contributed by atoms with E-state index in [0.717, 1.165) is 29.1 Å². The number of piperidine rings is 1. The summed E-state index contributed by atoms with van der Waals surface area (Å²) in [6, 6.07) is 6.93. The summed E-state index contributed by atoms with van der Waals surface area (Å²) in [4.78, 5) is 17.2. The van der Waals surface area contributed by atoms with Gasteiger partial charge in [0.2, 0.25) is 10.0 Å². The fourth-order valence-electron chi connectivity index (χ4n) is 3.38. The molecule has 1 atom stereocenters. The van der Waals surface area contributed by atoms with Crippen LogP contribution in [0.5, 0.6) is 0 Å². The molecule has 0 radical (unpaired) electrons. The van der Waals surface area contributed by atoms with Crippen LogP contribution in [0.15, 0.2) is 34.5 Å². The highest BCUT2D eigenvalue weighted by molar-refractivity contribution is 7.89. The third kappa shape index (κ3) is 5.13. The molecule has 158 valence electrons. The van der Waals surface area contributed by atoms with Crippen LogP contribution in [0.4, 0.5) is 0 Å². The second-order valence-electron chi connectivity index (χ2n) is 8.41. The zero-order valence-electron chi connectivity index (χ0n) is 17.6. The SMILES string of the molecule is CC1CCN(S(=O)(=O)c2ccc(-c3csc(CC(=O)C(C)C(C)C)n3)cc2)CC1. The van der Waals surface area contributed by atoms with Gasteiger partial charge in [-0.1, -0.05) is 39.8 Å². The van der Waals surface area contributed by atoms with Crippen molar-refractivity contribution in [1.82, 2.24) is 9.29 Å². The third-order valence-corrected chi connectivity index (χ3v) is 8.68. The first-order valence-electron chi connectivity index (χ1n) is 10.3. The van der Waals surface area contributed by atoms with Crippen molar-refractivity contribution in [3.8, 4) is 11.3 Å². The monoisotopic (exact) mass is 434 g/mol. The lowest BCUT2D eigenvalue weighted by molar-refractivity contribution is -0.122. The van der Waals surface area contributed by atoms with Crippen LogP contribution in [0, 0.1) is 17.8 Å². The Hall–Kier alpha value is -1.57. The molecule has 0 spiro atoms. The van der Waals surface area contributed by atoms with E-state index in [4.69, 9.17) is 0 Å². The molecule has 1 aliphatic heterocycles. The Morgan fingerprint density at radius 1 is 1.17 bits per heavy atom. The summed E-state index contributed by atoms with van der Waals surface area (Å²) < 4.78 is 27.3. The fourth-order valence-corrected chi connectivity index (χ4v) is 5.66. The van der Waals surface area contributed by atoms with E-state index < -0.39 is 10.0 Å². The number of Topliss-reactive ketones (excluding diaryl/α,β-unsaturated/α-hetero) is 1. The molecule has 0 aliphatic carbocycles. The maximum Gasteiger partial charge on any atom is 0.243 e. The molecular formula is C22H30N2O3S2. The molecule has 7 heteroatoms. The van der Waals surface area contributed by atoms with Crippen molar-refractivity contribution in [2.75, 3.05) is 13.1 Å². The lowest BCUT2D eigenvalue weighted by atomic mass is 9.92. The molecule has 1 aromatic heterocycles. The zero-order chi connectivity index (χ0) is 21.2. The number of nitrogens with zero attached hydrogens (tertiary/aromatic N) is 2. The molecule has 5 nitrogen and oxygen atoms in total. The average molecular weight is 435 g/mol. The fraction of sp³-hybridized carbons (Fsp3) is 0.545. The Morgan fingerprint density at radius 3 is 2.38 bits per heavy atom. The van der Waals surface area contributed by atoms with Crippen LogP contribution < -0.4 is 0 Å². The molecule has 2 heterocycles. The van der Waals surface area contributed by atoms with Crippen molar-refractivity contribution >= 4 is 27.1 Å². The molecule has 1 saturated heterocycles. The van der Waals surface area contributed by atoms with Crippen molar-refractivity contribution in [2.45, 2.75) is 51.9 Å². The second kappa shape index (κ2) is 9.06. The second-order valence-corrected chi connectivity index (χ2v) is 11.3. The Kier molecular flexibility index (Phi) is 6.91. The first-order chi connectivity index (χ1) is 13.7. The minimum absolute atomic E-state index is 0.0182. The standard InChI is InChI=1S/C22H30N2O3S2/c1-15(2)17(4)21(25)13-22-23-20(14-28-22)18-5-7-19(8-6-18)29(26,27)24-11-9-16(3)10-12-24/h5-8,14-17H,9-13H2,1-4H3. The molecule has 0 amide bonds. The van der Waals surface area contributed by atoms with Gasteiger partial charge in [0.25, 0.3) is 0 Å². The van der Waals surface area contributed by atoms with Crippen LogP contribution in [-0.4, -0.2) is 36.6 Å². The van der Waals surface area contributed by atoms with Gasteiger partial charge in [-0.2, -0.15) is 4.31 Å². The normalized spacial score (nSPS) is 17.6. The first-order valence-corrected chi connectivity index (χ1v) is 12.6. The van der Waals surface area contributed by atoms with E-state index in [1.807, 2.05) is 12.3 Å². The number of carbonyl (C=O) groups is 1. The molecule has 1 aliphatic rings. The van der Waals surface area contributed by atoms with E-state index in [9.17, 15) is 13.2 Å². The van der Waals surface area contributed by atoms with Crippen LogP contribution in [0.3, 0.4) is 0 Å². The molecule has 2 aromatic rings. The van der Waals surface area contributed by atoms with Crippen molar-refractivity contribution in [2.24, 2.45) is 17.8 Å². The van der Waals surface area contributed by atoms with E-state index >= 15 is 0 Å². The van der Waals surface area contributed by atoms with Gasteiger partial charge in [0, 0.05) is 30.0 Å². The van der Waals surface area contributed by atoms with Gasteiger partial charge in [0.15, 0.2) is 0 Å². The lowest BCUT2D eigenvalue weighted by Gasteiger charge is -2.29. The molecule has 29 heavy (non-hydrogen) atoms. The predicted molar refractivity (Wildman–Crippen MR) is 117 cm³/mol. The number of rotatable bonds is 7. The molecule has 1 fully saturated rings. The van der Waals surface area contributed by atoms with Crippen LogP contribution in [0.2, 0.25) is 0 Å². The van der Waals surface area contributed by atoms with Crippen molar-refractivity contribution in [1.29, 1.82) is 0 Å². The number of hydrogen-bond donors (Lipinski definition) is 0. The van der Waals surface area contributed by atoms with E-state index in [0.29, 0.717) is 36.2 Å². The van der Waals surface area contributed by atoms with Gasteiger partial charge in [0.05, 0.1) is 17.0 Å². The summed E-state index contributed by atoms with van der Waals surface area (Å²) in [5.74, 6) is 1.13. The van der Waals surface area contributed by atoms with Crippen LogP contribution in [0.25, 0.3) is 11.3 Å². The Morgan fingerprint density at radius 2 is 1.79 bits per heavy atom. The molecule has 1 unspecified atom stereocenters. The number of aromatic nitrogens is 1.